The van der Waals surface area contributed by atoms with Gasteiger partial charge in [-0.15, -0.1) is 0 Å². The number of rotatable bonds is 5. The molecule has 0 saturated heterocycles. The van der Waals surface area contributed by atoms with Crippen LogP contribution in [0.3, 0.4) is 0 Å². The van der Waals surface area contributed by atoms with E-state index in [1.807, 2.05) is 36.7 Å². The molecule has 1 aromatic rings. The summed E-state index contributed by atoms with van der Waals surface area (Å²) >= 11 is 0. The van der Waals surface area contributed by atoms with Gasteiger partial charge in [0.25, 0.3) is 0 Å². The molecule has 1 atom stereocenters. The van der Waals surface area contributed by atoms with Crippen LogP contribution in [0, 0.1) is 11.8 Å². The van der Waals surface area contributed by atoms with Crippen molar-refractivity contribution in [2.24, 2.45) is 27.6 Å². The molecule has 0 aromatic heterocycles. The predicted molar refractivity (Wildman–Crippen MR) is 103 cm³/mol. The lowest BCUT2D eigenvalue weighted by Gasteiger charge is -2.30. The van der Waals surface area contributed by atoms with Crippen LogP contribution in [-0.2, 0) is 9.53 Å². The number of hydrogen-bond acceptors (Lipinski definition) is 6. The van der Waals surface area contributed by atoms with E-state index in [0.717, 1.165) is 48.3 Å². The third-order valence-electron chi connectivity index (χ3n) is 5.34. The molecule has 6 nitrogen and oxygen atoms in total. The monoisotopic (exact) mass is 352 g/mol. The second-order valence-electron chi connectivity index (χ2n) is 7.23. The van der Waals surface area contributed by atoms with Gasteiger partial charge in [-0.05, 0) is 43.7 Å². The number of hydrogen-bond donors (Lipinski definition) is 2. The molecule has 3 aliphatic rings. The normalized spacial score (nSPS) is 28.0. The van der Waals surface area contributed by atoms with E-state index >= 15 is 0 Å². The van der Waals surface area contributed by atoms with Gasteiger partial charge in [0.1, 0.15) is 0 Å². The lowest BCUT2D eigenvalue weighted by atomic mass is 9.80. The summed E-state index contributed by atoms with van der Waals surface area (Å²) in [6.07, 6.45) is 7.55. The Balaban J connectivity index is 1.50. The first-order chi connectivity index (χ1) is 12.7. The highest BCUT2D eigenvalue weighted by Crippen LogP contribution is 2.37. The van der Waals surface area contributed by atoms with E-state index in [1.54, 1.807) is 0 Å². The summed E-state index contributed by atoms with van der Waals surface area (Å²) in [6.45, 7) is 0. The van der Waals surface area contributed by atoms with Crippen molar-refractivity contribution in [2.45, 2.75) is 37.8 Å². The number of aliphatic imine (C=N–C) groups is 2. The largest absolute Gasteiger partial charge is 0.469 e. The molecule has 2 fully saturated rings. The Kier molecular flexibility index (Phi) is 4.49. The van der Waals surface area contributed by atoms with Crippen molar-refractivity contribution < 1.29 is 9.53 Å². The molecule has 26 heavy (non-hydrogen) atoms. The van der Waals surface area contributed by atoms with Crippen molar-refractivity contribution in [1.82, 2.24) is 0 Å². The van der Waals surface area contributed by atoms with Crippen LogP contribution >= 0.6 is 0 Å². The molecule has 0 radical (unpaired) electrons. The average Bonchev–Trinajstić information content (AvgIpc) is 3.47. The Labute approximate surface area is 153 Å². The van der Waals surface area contributed by atoms with Crippen molar-refractivity contribution in [2.75, 3.05) is 12.4 Å². The summed E-state index contributed by atoms with van der Waals surface area (Å²) in [4.78, 5) is 20.8. The SMILES string of the molecule is COC(=O)C1CC(N=CC(=C(N)C2CC2)C2C=Nc3ccccc3N2)C1. The number of allylic oxidation sites excluding steroid dienone is 1. The summed E-state index contributed by atoms with van der Waals surface area (Å²) in [5.41, 5.74) is 10.3. The van der Waals surface area contributed by atoms with Crippen molar-refractivity contribution >= 4 is 29.8 Å². The lowest BCUT2D eigenvalue weighted by molar-refractivity contribution is -0.148. The highest BCUT2D eigenvalue weighted by molar-refractivity contribution is 5.95. The van der Waals surface area contributed by atoms with E-state index in [9.17, 15) is 4.79 Å². The van der Waals surface area contributed by atoms with E-state index in [-0.39, 0.29) is 24.0 Å². The van der Waals surface area contributed by atoms with E-state index in [1.165, 1.54) is 7.11 Å². The molecular formula is C20H24N4O2. The predicted octanol–water partition coefficient (Wildman–Crippen LogP) is 2.83. The van der Waals surface area contributed by atoms with Crippen molar-refractivity contribution in [3.63, 3.8) is 0 Å². The zero-order chi connectivity index (χ0) is 18.1. The topological polar surface area (TPSA) is 89.1 Å². The van der Waals surface area contributed by atoms with Gasteiger partial charge in [-0.25, -0.2) is 0 Å². The maximum absolute atomic E-state index is 11.5. The molecule has 1 heterocycles. The van der Waals surface area contributed by atoms with Crippen LogP contribution in [-0.4, -0.2) is 37.6 Å². The summed E-state index contributed by atoms with van der Waals surface area (Å²) in [7, 11) is 1.43. The fourth-order valence-corrected chi connectivity index (χ4v) is 3.44. The molecule has 1 aliphatic heterocycles. The number of ether oxygens (including phenoxy) is 1. The maximum Gasteiger partial charge on any atom is 0.308 e. The first kappa shape index (κ1) is 16.8. The number of para-hydroxylation sites is 2. The third kappa shape index (κ3) is 3.36. The number of nitrogens with two attached hydrogens (primary N) is 1. The quantitative estimate of drug-likeness (QED) is 0.630. The number of methoxy groups -OCH3 is 1. The molecule has 6 heteroatoms. The van der Waals surface area contributed by atoms with Crippen LogP contribution in [0.2, 0.25) is 0 Å². The van der Waals surface area contributed by atoms with Crippen molar-refractivity contribution in [1.29, 1.82) is 0 Å². The fourth-order valence-electron chi connectivity index (χ4n) is 3.44. The van der Waals surface area contributed by atoms with Gasteiger partial charge in [0.2, 0.25) is 0 Å². The van der Waals surface area contributed by atoms with Gasteiger partial charge in [-0.2, -0.15) is 0 Å². The number of nitrogens with one attached hydrogen (secondary N) is 1. The van der Waals surface area contributed by atoms with Gasteiger partial charge in [0, 0.05) is 23.7 Å². The molecule has 2 saturated carbocycles. The van der Waals surface area contributed by atoms with Gasteiger partial charge in [0.15, 0.2) is 0 Å². The van der Waals surface area contributed by atoms with Gasteiger partial charge in [-0.3, -0.25) is 14.8 Å². The Morgan fingerprint density at radius 3 is 2.81 bits per heavy atom. The zero-order valence-corrected chi connectivity index (χ0v) is 14.9. The van der Waals surface area contributed by atoms with Crippen LogP contribution in [0.5, 0.6) is 0 Å². The number of anilines is 1. The van der Waals surface area contributed by atoms with Crippen molar-refractivity contribution in [3.05, 3.63) is 35.5 Å². The first-order valence-electron chi connectivity index (χ1n) is 9.16. The number of benzene rings is 1. The number of esters is 1. The van der Waals surface area contributed by atoms with E-state index < -0.39 is 0 Å². The second-order valence-corrected chi connectivity index (χ2v) is 7.23. The van der Waals surface area contributed by atoms with Crippen LogP contribution in [0.15, 0.2) is 45.5 Å². The summed E-state index contributed by atoms with van der Waals surface area (Å²) < 4.78 is 4.79. The molecule has 3 N–H and O–H groups in total. The molecule has 0 bridgehead atoms. The molecule has 1 unspecified atom stereocenters. The van der Waals surface area contributed by atoms with Crippen LogP contribution in [0.1, 0.15) is 25.7 Å². The highest BCUT2D eigenvalue weighted by atomic mass is 16.5. The molecular weight excluding hydrogens is 328 g/mol. The first-order valence-corrected chi connectivity index (χ1v) is 9.16. The van der Waals surface area contributed by atoms with Gasteiger partial charge in [0.05, 0.1) is 36.5 Å². The minimum absolute atomic E-state index is 0.0170. The van der Waals surface area contributed by atoms with Crippen LogP contribution in [0.25, 0.3) is 0 Å². The van der Waals surface area contributed by atoms with Gasteiger partial charge >= 0.3 is 5.97 Å². The number of fused-ring (bicyclic) bond motifs is 1. The Morgan fingerprint density at radius 1 is 1.31 bits per heavy atom. The molecule has 0 spiro atoms. The van der Waals surface area contributed by atoms with Crippen LogP contribution < -0.4 is 11.1 Å². The summed E-state index contributed by atoms with van der Waals surface area (Å²) in [6, 6.07) is 8.06. The third-order valence-corrected chi connectivity index (χ3v) is 5.34. The Morgan fingerprint density at radius 2 is 2.08 bits per heavy atom. The molecule has 4 rings (SSSR count). The fraction of sp³-hybridized carbons (Fsp3) is 0.450. The Hall–Kier alpha value is -2.63. The molecule has 0 amide bonds. The van der Waals surface area contributed by atoms with E-state index in [0.29, 0.717) is 5.92 Å². The highest BCUT2D eigenvalue weighted by Gasteiger charge is 2.35. The zero-order valence-electron chi connectivity index (χ0n) is 14.9. The van der Waals surface area contributed by atoms with Gasteiger partial charge in [-0.1, -0.05) is 12.1 Å². The number of carbonyl (C=O) groups is 1. The van der Waals surface area contributed by atoms with Gasteiger partial charge < -0.3 is 15.8 Å². The van der Waals surface area contributed by atoms with Crippen LogP contribution in [0.4, 0.5) is 11.4 Å². The summed E-state index contributed by atoms with van der Waals surface area (Å²) in [5.74, 6) is 0.298. The minimum atomic E-state index is -0.137. The standard InChI is InChI=1S/C20H24N4O2/c1-26-20(25)13-8-14(9-13)22-10-15(19(21)12-6-7-12)18-11-23-16-4-2-3-5-17(16)24-18/h2-5,10-14,18,24H,6-9,21H2,1H3. The average molecular weight is 352 g/mol. The maximum atomic E-state index is 11.5. The van der Waals surface area contributed by atoms with E-state index in [2.05, 4.69) is 15.3 Å². The molecule has 136 valence electrons. The van der Waals surface area contributed by atoms with Crippen molar-refractivity contribution in [3.8, 4) is 0 Å². The Bertz CT molecular complexity index is 789. The number of nitrogens with zero attached hydrogens (tertiary/aromatic N) is 2. The second kappa shape index (κ2) is 6.94. The molecule has 2 aliphatic carbocycles. The summed E-state index contributed by atoms with van der Waals surface area (Å²) in [5, 5.41) is 3.50. The smallest absolute Gasteiger partial charge is 0.308 e. The lowest BCUT2D eigenvalue weighted by Crippen LogP contribution is -2.35. The molecule has 1 aromatic carbocycles. The minimum Gasteiger partial charge on any atom is -0.469 e. The number of carbonyl (C=O) groups excluding carboxylic acids is 1. The van der Waals surface area contributed by atoms with E-state index in [4.69, 9.17) is 10.5 Å².